The number of nitrogens with one attached hydrogen (secondary N) is 1. The number of thioether (sulfide) groups is 1. The quantitative estimate of drug-likeness (QED) is 0.589. The zero-order valence-corrected chi connectivity index (χ0v) is 11.9. The van der Waals surface area contributed by atoms with Crippen molar-refractivity contribution in [1.82, 2.24) is 5.32 Å². The van der Waals surface area contributed by atoms with Crippen molar-refractivity contribution in [3.8, 4) is 0 Å². The summed E-state index contributed by atoms with van der Waals surface area (Å²) in [5, 5.41) is 3.34. The Bertz CT molecular complexity index is 279. The van der Waals surface area contributed by atoms with Crippen molar-refractivity contribution in [3.05, 3.63) is 28.7 Å². The molecule has 1 aromatic carbocycles. The molecule has 90 valence electrons. The van der Waals surface area contributed by atoms with Crippen molar-refractivity contribution in [1.29, 1.82) is 0 Å². The van der Waals surface area contributed by atoms with Crippen LogP contribution in [-0.4, -0.2) is 32.6 Å². The second-order valence-electron chi connectivity index (χ2n) is 3.40. The molecular weight excluding hydrogens is 286 g/mol. The Balaban J connectivity index is 2.01. The average molecular weight is 304 g/mol. The van der Waals surface area contributed by atoms with Gasteiger partial charge in [0, 0.05) is 23.0 Å². The standard InChI is InChI=1S/C12H18BrNOS/c1-15-9-8-14-7-2-10-16-12-5-3-11(13)4-6-12/h3-6,14H,2,7-10H2,1H3. The maximum atomic E-state index is 4.96. The zero-order valence-electron chi connectivity index (χ0n) is 9.54. The molecule has 0 aromatic heterocycles. The number of halogens is 1. The predicted octanol–water partition coefficient (Wildman–Crippen LogP) is 3.17. The van der Waals surface area contributed by atoms with Gasteiger partial charge < -0.3 is 10.1 Å². The predicted molar refractivity (Wildman–Crippen MR) is 74.2 cm³/mol. The Hall–Kier alpha value is -0.0300. The van der Waals surface area contributed by atoms with E-state index in [0.717, 1.165) is 29.9 Å². The molecule has 0 aliphatic carbocycles. The summed E-state index contributed by atoms with van der Waals surface area (Å²) in [6.07, 6.45) is 1.18. The summed E-state index contributed by atoms with van der Waals surface area (Å²) < 4.78 is 6.09. The second kappa shape index (κ2) is 9.05. The SMILES string of the molecule is COCCNCCCSc1ccc(Br)cc1. The topological polar surface area (TPSA) is 21.3 Å². The Morgan fingerprint density at radius 1 is 1.25 bits per heavy atom. The molecule has 0 fully saturated rings. The molecule has 0 saturated carbocycles. The number of methoxy groups -OCH3 is 1. The first-order valence-corrected chi connectivity index (χ1v) is 7.19. The van der Waals surface area contributed by atoms with Gasteiger partial charge in [-0.05, 0) is 43.0 Å². The highest BCUT2D eigenvalue weighted by Crippen LogP contribution is 2.20. The van der Waals surface area contributed by atoms with Gasteiger partial charge in [0.2, 0.25) is 0 Å². The third-order valence-electron chi connectivity index (χ3n) is 2.06. The molecule has 0 aliphatic heterocycles. The molecule has 4 heteroatoms. The molecule has 16 heavy (non-hydrogen) atoms. The largest absolute Gasteiger partial charge is 0.383 e. The van der Waals surface area contributed by atoms with E-state index in [1.54, 1.807) is 7.11 Å². The summed E-state index contributed by atoms with van der Waals surface area (Å²) in [6.45, 7) is 2.80. The molecule has 1 rings (SSSR count). The lowest BCUT2D eigenvalue weighted by atomic mass is 10.4. The Labute approximate surface area is 110 Å². The highest BCUT2D eigenvalue weighted by Gasteiger charge is 1.94. The van der Waals surface area contributed by atoms with Gasteiger partial charge in [-0.3, -0.25) is 0 Å². The summed E-state index contributed by atoms with van der Waals surface area (Å²) in [4.78, 5) is 1.33. The summed E-state index contributed by atoms with van der Waals surface area (Å²) in [6, 6.07) is 8.46. The van der Waals surface area contributed by atoms with E-state index in [9.17, 15) is 0 Å². The first-order chi connectivity index (χ1) is 7.83. The lowest BCUT2D eigenvalue weighted by Crippen LogP contribution is -2.20. The van der Waals surface area contributed by atoms with Gasteiger partial charge in [0.25, 0.3) is 0 Å². The third kappa shape index (κ3) is 6.53. The summed E-state index contributed by atoms with van der Waals surface area (Å²) >= 11 is 5.33. The van der Waals surface area contributed by atoms with E-state index in [4.69, 9.17) is 4.74 Å². The molecule has 0 radical (unpaired) electrons. The Morgan fingerprint density at radius 2 is 2.00 bits per heavy atom. The maximum absolute atomic E-state index is 4.96. The van der Waals surface area contributed by atoms with Gasteiger partial charge in [0.05, 0.1) is 6.61 Å². The van der Waals surface area contributed by atoms with Crippen molar-refractivity contribution >= 4 is 27.7 Å². The lowest BCUT2D eigenvalue weighted by Gasteiger charge is -2.04. The second-order valence-corrected chi connectivity index (χ2v) is 5.48. The van der Waals surface area contributed by atoms with Gasteiger partial charge in [0.15, 0.2) is 0 Å². The first kappa shape index (κ1) is 14.0. The highest BCUT2D eigenvalue weighted by atomic mass is 79.9. The first-order valence-electron chi connectivity index (χ1n) is 5.41. The number of hydrogen-bond donors (Lipinski definition) is 1. The number of benzene rings is 1. The molecule has 0 spiro atoms. The van der Waals surface area contributed by atoms with Crippen LogP contribution in [0.15, 0.2) is 33.6 Å². The van der Waals surface area contributed by atoms with Gasteiger partial charge in [-0.25, -0.2) is 0 Å². The van der Waals surface area contributed by atoms with E-state index in [1.165, 1.54) is 11.3 Å². The van der Waals surface area contributed by atoms with Crippen LogP contribution in [0.1, 0.15) is 6.42 Å². The average Bonchev–Trinajstić information content (AvgIpc) is 2.30. The number of ether oxygens (including phenoxy) is 1. The maximum Gasteiger partial charge on any atom is 0.0587 e. The van der Waals surface area contributed by atoms with E-state index in [2.05, 4.69) is 45.5 Å². The molecule has 0 unspecified atom stereocenters. The van der Waals surface area contributed by atoms with Crippen LogP contribution in [0.5, 0.6) is 0 Å². The molecule has 0 saturated heterocycles. The minimum Gasteiger partial charge on any atom is -0.383 e. The molecule has 1 aromatic rings. The van der Waals surface area contributed by atoms with Gasteiger partial charge in [-0.1, -0.05) is 15.9 Å². The monoisotopic (exact) mass is 303 g/mol. The smallest absolute Gasteiger partial charge is 0.0587 e. The van der Waals surface area contributed by atoms with Crippen LogP contribution in [0.4, 0.5) is 0 Å². The third-order valence-corrected chi connectivity index (χ3v) is 3.69. The molecule has 0 aliphatic rings. The minimum atomic E-state index is 0.792. The van der Waals surface area contributed by atoms with E-state index < -0.39 is 0 Å². The van der Waals surface area contributed by atoms with Crippen LogP contribution in [0.2, 0.25) is 0 Å². The summed E-state index contributed by atoms with van der Waals surface area (Å²) in [5.74, 6) is 1.15. The zero-order chi connectivity index (χ0) is 11.6. The van der Waals surface area contributed by atoms with Crippen LogP contribution in [0, 0.1) is 0 Å². The van der Waals surface area contributed by atoms with Gasteiger partial charge >= 0.3 is 0 Å². The van der Waals surface area contributed by atoms with Gasteiger partial charge in [-0.15, -0.1) is 11.8 Å². The fraction of sp³-hybridized carbons (Fsp3) is 0.500. The van der Waals surface area contributed by atoms with E-state index >= 15 is 0 Å². The van der Waals surface area contributed by atoms with Gasteiger partial charge in [0.1, 0.15) is 0 Å². The van der Waals surface area contributed by atoms with Crippen LogP contribution in [0.3, 0.4) is 0 Å². The van der Waals surface area contributed by atoms with Crippen LogP contribution >= 0.6 is 27.7 Å². The number of hydrogen-bond acceptors (Lipinski definition) is 3. The molecule has 1 N–H and O–H groups in total. The van der Waals surface area contributed by atoms with Gasteiger partial charge in [-0.2, -0.15) is 0 Å². The fourth-order valence-electron chi connectivity index (χ4n) is 1.22. The van der Waals surface area contributed by atoms with E-state index in [-0.39, 0.29) is 0 Å². The minimum absolute atomic E-state index is 0.792. The Morgan fingerprint density at radius 3 is 2.69 bits per heavy atom. The molecule has 0 atom stereocenters. The van der Waals surface area contributed by atoms with Crippen molar-refractivity contribution < 1.29 is 4.74 Å². The molecule has 2 nitrogen and oxygen atoms in total. The molecular formula is C12H18BrNOS. The Kier molecular flexibility index (Phi) is 7.93. The number of rotatable bonds is 8. The fourth-order valence-corrected chi connectivity index (χ4v) is 2.33. The van der Waals surface area contributed by atoms with Crippen LogP contribution in [-0.2, 0) is 4.74 Å². The van der Waals surface area contributed by atoms with Crippen molar-refractivity contribution in [2.75, 3.05) is 32.6 Å². The van der Waals surface area contributed by atoms with Crippen LogP contribution in [0.25, 0.3) is 0 Å². The van der Waals surface area contributed by atoms with Crippen LogP contribution < -0.4 is 5.32 Å². The van der Waals surface area contributed by atoms with Crippen molar-refractivity contribution in [2.45, 2.75) is 11.3 Å². The summed E-state index contributed by atoms with van der Waals surface area (Å²) in [5.41, 5.74) is 0. The van der Waals surface area contributed by atoms with E-state index in [1.807, 2.05) is 11.8 Å². The van der Waals surface area contributed by atoms with Crippen molar-refractivity contribution in [3.63, 3.8) is 0 Å². The van der Waals surface area contributed by atoms with Crippen molar-refractivity contribution in [2.24, 2.45) is 0 Å². The molecule has 0 amide bonds. The highest BCUT2D eigenvalue weighted by molar-refractivity contribution is 9.10. The molecule has 0 heterocycles. The molecule has 0 bridgehead atoms. The summed E-state index contributed by atoms with van der Waals surface area (Å²) in [7, 11) is 1.73. The van der Waals surface area contributed by atoms with E-state index in [0.29, 0.717) is 0 Å². The lowest BCUT2D eigenvalue weighted by molar-refractivity contribution is 0.199. The normalized spacial score (nSPS) is 10.6.